The molecule has 1 heterocycles. The molecule has 0 aliphatic carbocycles. The number of hydrogen-bond acceptors (Lipinski definition) is 1. The zero-order chi connectivity index (χ0) is 14.1. The molecule has 0 atom stereocenters. The van der Waals surface area contributed by atoms with Crippen molar-refractivity contribution in [2.75, 3.05) is 0 Å². The zero-order valence-corrected chi connectivity index (χ0v) is 12.1. The van der Waals surface area contributed by atoms with Crippen molar-refractivity contribution < 1.29 is 0 Å². The molecule has 2 nitrogen and oxygen atoms in total. The molecule has 0 amide bonds. The Morgan fingerprint density at radius 2 is 1.50 bits per heavy atom. The lowest BCUT2D eigenvalue weighted by atomic mass is 9.99. The Bertz CT molecular complexity index is 736. The molecule has 0 spiro atoms. The van der Waals surface area contributed by atoms with Crippen LogP contribution in [0.2, 0.25) is 0 Å². The van der Waals surface area contributed by atoms with Crippen LogP contribution in [0.5, 0.6) is 0 Å². The Balaban J connectivity index is 2.00. The summed E-state index contributed by atoms with van der Waals surface area (Å²) in [7, 11) is 2.02. The molecule has 1 aromatic heterocycles. The van der Waals surface area contributed by atoms with Crippen molar-refractivity contribution in [2.24, 2.45) is 7.05 Å². The Morgan fingerprint density at radius 3 is 2.10 bits per heavy atom. The summed E-state index contributed by atoms with van der Waals surface area (Å²) in [6.45, 7) is 4.24. The predicted octanol–water partition coefficient (Wildman–Crippen LogP) is 4.37. The normalized spacial score (nSPS) is 10.8. The molecule has 3 rings (SSSR count). The van der Waals surface area contributed by atoms with Crippen LogP contribution in [0.1, 0.15) is 11.3 Å². The van der Waals surface area contributed by atoms with E-state index in [2.05, 4.69) is 67.4 Å². The van der Waals surface area contributed by atoms with Gasteiger partial charge in [-0.1, -0.05) is 48.5 Å². The second-order valence-corrected chi connectivity index (χ2v) is 5.18. The van der Waals surface area contributed by atoms with Gasteiger partial charge in [0.05, 0.1) is 12.0 Å². The van der Waals surface area contributed by atoms with Gasteiger partial charge in [-0.05, 0) is 30.5 Å². The first-order valence-electron chi connectivity index (χ1n) is 6.81. The number of rotatable bonds is 2. The van der Waals surface area contributed by atoms with Crippen LogP contribution in [0.25, 0.3) is 22.4 Å². The molecule has 2 heteroatoms. The fourth-order valence-corrected chi connectivity index (χ4v) is 2.48. The molecular formula is C18H18N2. The maximum atomic E-state index is 4.47. The van der Waals surface area contributed by atoms with E-state index in [1.54, 1.807) is 0 Å². The van der Waals surface area contributed by atoms with Gasteiger partial charge in [-0.25, -0.2) is 4.98 Å². The van der Waals surface area contributed by atoms with Crippen LogP contribution in [0.3, 0.4) is 0 Å². The first-order chi connectivity index (χ1) is 9.66. The summed E-state index contributed by atoms with van der Waals surface area (Å²) in [6, 6.07) is 17.1. The number of benzene rings is 2. The summed E-state index contributed by atoms with van der Waals surface area (Å²) in [5.74, 6) is 0. The molecule has 0 aliphatic heterocycles. The van der Waals surface area contributed by atoms with Crippen LogP contribution in [0, 0.1) is 13.8 Å². The van der Waals surface area contributed by atoms with Crippen molar-refractivity contribution in [3.05, 3.63) is 66.1 Å². The van der Waals surface area contributed by atoms with Crippen molar-refractivity contribution in [1.29, 1.82) is 0 Å². The van der Waals surface area contributed by atoms with E-state index in [-0.39, 0.29) is 0 Å². The van der Waals surface area contributed by atoms with E-state index in [4.69, 9.17) is 0 Å². The van der Waals surface area contributed by atoms with Crippen LogP contribution in [-0.4, -0.2) is 9.55 Å². The van der Waals surface area contributed by atoms with Gasteiger partial charge in [0, 0.05) is 18.3 Å². The maximum Gasteiger partial charge on any atom is 0.0953 e. The molecule has 0 radical (unpaired) electrons. The second kappa shape index (κ2) is 4.97. The van der Waals surface area contributed by atoms with Gasteiger partial charge >= 0.3 is 0 Å². The Hall–Kier alpha value is -2.35. The Kier molecular flexibility index (Phi) is 3.15. The van der Waals surface area contributed by atoms with Crippen LogP contribution in [0.15, 0.2) is 54.9 Å². The number of aryl methyl sites for hydroxylation is 2. The quantitative estimate of drug-likeness (QED) is 0.670. The molecule has 100 valence electrons. The Morgan fingerprint density at radius 1 is 0.850 bits per heavy atom. The summed E-state index contributed by atoms with van der Waals surface area (Å²) >= 11 is 0. The number of hydrogen-bond donors (Lipinski definition) is 0. The fourth-order valence-electron chi connectivity index (χ4n) is 2.48. The topological polar surface area (TPSA) is 17.8 Å². The highest BCUT2D eigenvalue weighted by atomic mass is 15.0. The third-order valence-electron chi connectivity index (χ3n) is 3.85. The lowest BCUT2D eigenvalue weighted by Crippen LogP contribution is -1.89. The van der Waals surface area contributed by atoms with Crippen LogP contribution in [0.4, 0.5) is 0 Å². The van der Waals surface area contributed by atoms with Crippen molar-refractivity contribution >= 4 is 0 Å². The Labute approximate surface area is 119 Å². The molecule has 3 aromatic rings. The minimum atomic E-state index is 1.06. The molecule has 0 aliphatic rings. The molecule has 0 bridgehead atoms. The van der Waals surface area contributed by atoms with Gasteiger partial charge in [0.25, 0.3) is 0 Å². The number of aromatic nitrogens is 2. The molecule has 0 saturated carbocycles. The second-order valence-electron chi connectivity index (χ2n) is 5.18. The zero-order valence-electron chi connectivity index (χ0n) is 12.1. The summed E-state index contributed by atoms with van der Waals surface area (Å²) < 4.78 is 2.05. The lowest BCUT2D eigenvalue weighted by Gasteiger charge is -2.07. The molecule has 20 heavy (non-hydrogen) atoms. The van der Waals surface area contributed by atoms with E-state index in [0.29, 0.717) is 0 Å². The van der Waals surface area contributed by atoms with Crippen molar-refractivity contribution in [2.45, 2.75) is 13.8 Å². The fraction of sp³-hybridized carbons (Fsp3) is 0.167. The van der Waals surface area contributed by atoms with E-state index in [1.165, 1.54) is 27.9 Å². The van der Waals surface area contributed by atoms with E-state index in [9.17, 15) is 0 Å². The first-order valence-corrected chi connectivity index (χ1v) is 6.81. The van der Waals surface area contributed by atoms with Crippen LogP contribution >= 0.6 is 0 Å². The average Bonchev–Trinajstić information content (AvgIpc) is 2.80. The predicted molar refractivity (Wildman–Crippen MR) is 83.6 cm³/mol. The molecule has 0 unspecified atom stereocenters. The van der Waals surface area contributed by atoms with Crippen molar-refractivity contribution in [1.82, 2.24) is 9.55 Å². The van der Waals surface area contributed by atoms with Gasteiger partial charge in [-0.2, -0.15) is 0 Å². The van der Waals surface area contributed by atoms with Crippen molar-refractivity contribution in [3.8, 4) is 22.4 Å². The van der Waals surface area contributed by atoms with Gasteiger partial charge in [-0.3, -0.25) is 0 Å². The smallest absolute Gasteiger partial charge is 0.0953 e. The monoisotopic (exact) mass is 262 g/mol. The number of imidazole rings is 1. The average molecular weight is 262 g/mol. The molecule has 0 fully saturated rings. The highest BCUT2D eigenvalue weighted by Gasteiger charge is 2.07. The van der Waals surface area contributed by atoms with Gasteiger partial charge in [-0.15, -0.1) is 0 Å². The van der Waals surface area contributed by atoms with E-state index < -0.39 is 0 Å². The summed E-state index contributed by atoms with van der Waals surface area (Å²) in [6.07, 6.45) is 1.86. The largest absolute Gasteiger partial charge is 0.337 e. The minimum Gasteiger partial charge on any atom is -0.337 e. The highest BCUT2D eigenvalue weighted by molar-refractivity contribution is 5.71. The molecule has 0 N–H and O–H groups in total. The van der Waals surface area contributed by atoms with Crippen LogP contribution in [-0.2, 0) is 7.05 Å². The standard InChI is InChI=1S/C18H18N2/c1-13-6-4-5-7-17(13)15-8-10-16(11-9-15)18-14(2)20(3)12-19-18/h4-12H,1-3H3. The van der Waals surface area contributed by atoms with Gasteiger partial charge < -0.3 is 4.57 Å². The highest BCUT2D eigenvalue weighted by Crippen LogP contribution is 2.27. The number of nitrogens with zero attached hydrogens (tertiary/aromatic N) is 2. The van der Waals surface area contributed by atoms with Crippen molar-refractivity contribution in [3.63, 3.8) is 0 Å². The minimum absolute atomic E-state index is 1.06. The van der Waals surface area contributed by atoms with Gasteiger partial charge in [0.1, 0.15) is 0 Å². The van der Waals surface area contributed by atoms with Crippen LogP contribution < -0.4 is 0 Å². The lowest BCUT2D eigenvalue weighted by molar-refractivity contribution is 0.874. The van der Waals surface area contributed by atoms with Gasteiger partial charge in [0.2, 0.25) is 0 Å². The summed E-state index contributed by atoms with van der Waals surface area (Å²) in [5, 5.41) is 0. The first kappa shape index (κ1) is 12.7. The maximum absolute atomic E-state index is 4.47. The summed E-state index contributed by atoms with van der Waals surface area (Å²) in [5.41, 5.74) is 7.25. The third kappa shape index (κ3) is 2.14. The third-order valence-corrected chi connectivity index (χ3v) is 3.85. The van der Waals surface area contributed by atoms with E-state index in [0.717, 1.165) is 5.69 Å². The molecule has 2 aromatic carbocycles. The van der Waals surface area contributed by atoms with Gasteiger partial charge in [0.15, 0.2) is 0 Å². The SMILES string of the molecule is Cc1ccccc1-c1ccc(-c2ncn(C)c2C)cc1. The van der Waals surface area contributed by atoms with E-state index in [1.807, 2.05) is 17.9 Å². The summed E-state index contributed by atoms with van der Waals surface area (Å²) in [4.78, 5) is 4.47. The molecular weight excluding hydrogens is 244 g/mol. The van der Waals surface area contributed by atoms with E-state index >= 15 is 0 Å². The molecule has 0 saturated heterocycles.